The Labute approximate surface area is 91.2 Å². The van der Waals surface area contributed by atoms with Crippen LogP contribution in [0.2, 0.25) is 0 Å². The van der Waals surface area contributed by atoms with E-state index < -0.39 is 0 Å². The summed E-state index contributed by atoms with van der Waals surface area (Å²) < 4.78 is 5.64. The van der Waals surface area contributed by atoms with Crippen molar-refractivity contribution in [2.24, 2.45) is 0 Å². The first-order valence-corrected chi connectivity index (χ1v) is 5.19. The highest BCUT2D eigenvalue weighted by atomic mass is 16.5. The highest BCUT2D eigenvalue weighted by Gasteiger charge is 2.01. The molecule has 1 rings (SSSR count). The van der Waals surface area contributed by atoms with Gasteiger partial charge in [0.1, 0.15) is 5.75 Å². The first-order chi connectivity index (χ1) is 7.38. The summed E-state index contributed by atoms with van der Waals surface area (Å²) in [5.41, 5.74) is 1.14. The monoisotopic (exact) mass is 206 g/mol. The van der Waals surface area contributed by atoms with E-state index in [4.69, 9.17) is 4.74 Å². The molecule has 0 aliphatic carbocycles. The van der Waals surface area contributed by atoms with E-state index in [1.807, 2.05) is 19.2 Å². The van der Waals surface area contributed by atoms with Crippen molar-refractivity contribution in [3.05, 3.63) is 36.7 Å². The maximum Gasteiger partial charge on any atom is 0.142 e. The second-order valence-corrected chi connectivity index (χ2v) is 3.29. The highest BCUT2D eigenvalue weighted by molar-refractivity contribution is 5.29. The zero-order valence-corrected chi connectivity index (χ0v) is 9.20. The fraction of sp³-hybridized carbons (Fsp3) is 0.417. The third-order valence-corrected chi connectivity index (χ3v) is 2.05. The Bertz CT molecular complexity index is 299. The van der Waals surface area contributed by atoms with Gasteiger partial charge < -0.3 is 10.1 Å². The summed E-state index contributed by atoms with van der Waals surface area (Å²) in [4.78, 5) is 4.05. The van der Waals surface area contributed by atoms with Gasteiger partial charge >= 0.3 is 0 Å². The van der Waals surface area contributed by atoms with Gasteiger partial charge in [-0.25, -0.2) is 0 Å². The number of pyridine rings is 1. The van der Waals surface area contributed by atoms with Crippen LogP contribution in [0.25, 0.3) is 0 Å². The van der Waals surface area contributed by atoms with E-state index in [2.05, 4.69) is 16.9 Å². The van der Waals surface area contributed by atoms with Crippen LogP contribution in [-0.2, 0) is 6.54 Å². The van der Waals surface area contributed by atoms with Crippen molar-refractivity contribution < 1.29 is 4.74 Å². The molecule has 1 aromatic rings. The molecular formula is C12H18N2O. The van der Waals surface area contributed by atoms with Crippen molar-refractivity contribution in [1.29, 1.82) is 0 Å². The fourth-order valence-electron chi connectivity index (χ4n) is 1.29. The van der Waals surface area contributed by atoms with E-state index >= 15 is 0 Å². The van der Waals surface area contributed by atoms with Crippen LogP contribution in [0.4, 0.5) is 0 Å². The average molecular weight is 206 g/mol. The number of hydrogen-bond donors (Lipinski definition) is 1. The van der Waals surface area contributed by atoms with Gasteiger partial charge in [-0.15, -0.1) is 6.58 Å². The molecule has 82 valence electrons. The lowest BCUT2D eigenvalue weighted by atomic mass is 10.2. The molecule has 0 fully saturated rings. The minimum absolute atomic E-state index is 0.717. The van der Waals surface area contributed by atoms with Crippen LogP contribution in [0, 0.1) is 0 Å². The van der Waals surface area contributed by atoms with Crippen molar-refractivity contribution in [3.8, 4) is 5.75 Å². The van der Waals surface area contributed by atoms with Gasteiger partial charge in [-0.3, -0.25) is 4.98 Å². The third-order valence-electron chi connectivity index (χ3n) is 2.05. The lowest BCUT2D eigenvalue weighted by Gasteiger charge is -2.09. The number of unbranched alkanes of at least 4 members (excludes halogenated alkanes) is 1. The summed E-state index contributed by atoms with van der Waals surface area (Å²) in [6.45, 7) is 5.20. The van der Waals surface area contributed by atoms with Crippen LogP contribution in [0.15, 0.2) is 31.1 Å². The van der Waals surface area contributed by atoms with Gasteiger partial charge in [-0.2, -0.15) is 0 Å². The van der Waals surface area contributed by atoms with E-state index in [0.717, 1.165) is 30.7 Å². The first kappa shape index (κ1) is 11.7. The van der Waals surface area contributed by atoms with E-state index in [1.165, 1.54) is 0 Å². The molecular weight excluding hydrogens is 188 g/mol. The molecule has 1 heterocycles. The SMILES string of the molecule is C=CCCCOc1cnccc1CNC. The van der Waals surface area contributed by atoms with Crippen LogP contribution in [0.1, 0.15) is 18.4 Å². The largest absolute Gasteiger partial charge is 0.492 e. The van der Waals surface area contributed by atoms with Gasteiger partial charge in [0.2, 0.25) is 0 Å². The van der Waals surface area contributed by atoms with Crippen LogP contribution in [0.5, 0.6) is 5.75 Å². The molecule has 3 nitrogen and oxygen atoms in total. The number of nitrogens with zero attached hydrogens (tertiary/aromatic N) is 1. The predicted octanol–water partition coefficient (Wildman–Crippen LogP) is 2.15. The van der Waals surface area contributed by atoms with Crippen molar-refractivity contribution in [2.75, 3.05) is 13.7 Å². The first-order valence-electron chi connectivity index (χ1n) is 5.19. The minimum Gasteiger partial charge on any atom is -0.492 e. The zero-order chi connectivity index (χ0) is 10.9. The molecule has 0 saturated heterocycles. The Kier molecular flexibility index (Phi) is 5.48. The Morgan fingerprint density at radius 1 is 1.60 bits per heavy atom. The predicted molar refractivity (Wildman–Crippen MR) is 61.9 cm³/mol. The van der Waals surface area contributed by atoms with Crippen molar-refractivity contribution in [1.82, 2.24) is 10.3 Å². The number of allylic oxidation sites excluding steroid dienone is 1. The summed E-state index contributed by atoms with van der Waals surface area (Å²) in [6.07, 6.45) is 7.43. The molecule has 0 radical (unpaired) electrons. The molecule has 15 heavy (non-hydrogen) atoms. The molecule has 0 saturated carbocycles. The number of aromatic nitrogens is 1. The van der Waals surface area contributed by atoms with Crippen LogP contribution in [-0.4, -0.2) is 18.6 Å². The molecule has 0 aromatic carbocycles. The Morgan fingerprint density at radius 3 is 3.20 bits per heavy atom. The fourth-order valence-corrected chi connectivity index (χ4v) is 1.29. The molecule has 0 unspecified atom stereocenters. The van der Waals surface area contributed by atoms with Crippen LogP contribution < -0.4 is 10.1 Å². The van der Waals surface area contributed by atoms with Gasteiger partial charge in [0.15, 0.2) is 0 Å². The highest BCUT2D eigenvalue weighted by Crippen LogP contribution is 2.16. The summed E-state index contributed by atoms with van der Waals surface area (Å²) in [6, 6.07) is 1.97. The van der Waals surface area contributed by atoms with Gasteiger partial charge in [0.05, 0.1) is 12.8 Å². The van der Waals surface area contributed by atoms with E-state index in [0.29, 0.717) is 6.61 Å². The van der Waals surface area contributed by atoms with Crippen molar-refractivity contribution >= 4 is 0 Å². The quantitative estimate of drug-likeness (QED) is 0.548. The number of nitrogens with one attached hydrogen (secondary N) is 1. The molecule has 1 aromatic heterocycles. The van der Waals surface area contributed by atoms with Crippen LogP contribution in [0.3, 0.4) is 0 Å². The number of rotatable bonds is 7. The lowest BCUT2D eigenvalue weighted by molar-refractivity contribution is 0.307. The van der Waals surface area contributed by atoms with E-state index in [1.54, 1.807) is 12.4 Å². The summed E-state index contributed by atoms with van der Waals surface area (Å²) in [7, 11) is 1.92. The van der Waals surface area contributed by atoms with Gasteiger partial charge in [0, 0.05) is 18.3 Å². The van der Waals surface area contributed by atoms with E-state index in [-0.39, 0.29) is 0 Å². The molecule has 0 atom stereocenters. The standard InChI is InChI=1S/C12H18N2O/c1-3-4-5-8-15-12-10-14-7-6-11(12)9-13-2/h3,6-7,10,13H,1,4-5,8-9H2,2H3. The second-order valence-electron chi connectivity index (χ2n) is 3.29. The maximum atomic E-state index is 5.64. The Balaban J connectivity index is 2.47. The zero-order valence-electron chi connectivity index (χ0n) is 9.20. The lowest BCUT2D eigenvalue weighted by Crippen LogP contribution is -2.08. The van der Waals surface area contributed by atoms with E-state index in [9.17, 15) is 0 Å². The van der Waals surface area contributed by atoms with Crippen molar-refractivity contribution in [2.45, 2.75) is 19.4 Å². The molecule has 0 amide bonds. The second kappa shape index (κ2) is 7.01. The summed E-state index contributed by atoms with van der Waals surface area (Å²) in [5, 5.41) is 3.10. The smallest absolute Gasteiger partial charge is 0.142 e. The van der Waals surface area contributed by atoms with Gasteiger partial charge in [-0.1, -0.05) is 6.08 Å². The Hall–Kier alpha value is -1.35. The van der Waals surface area contributed by atoms with Crippen LogP contribution >= 0.6 is 0 Å². The normalized spacial score (nSPS) is 9.93. The topological polar surface area (TPSA) is 34.1 Å². The maximum absolute atomic E-state index is 5.64. The number of ether oxygens (including phenoxy) is 1. The average Bonchev–Trinajstić information content (AvgIpc) is 2.27. The summed E-state index contributed by atoms with van der Waals surface area (Å²) in [5.74, 6) is 0.871. The molecule has 3 heteroatoms. The summed E-state index contributed by atoms with van der Waals surface area (Å²) >= 11 is 0. The molecule has 0 bridgehead atoms. The Morgan fingerprint density at radius 2 is 2.47 bits per heavy atom. The van der Waals surface area contributed by atoms with Crippen molar-refractivity contribution in [3.63, 3.8) is 0 Å². The third kappa shape index (κ3) is 4.13. The minimum atomic E-state index is 0.717. The molecule has 0 aliphatic heterocycles. The van der Waals surface area contributed by atoms with Gasteiger partial charge in [-0.05, 0) is 26.0 Å². The van der Waals surface area contributed by atoms with Gasteiger partial charge in [0.25, 0.3) is 0 Å². The molecule has 0 spiro atoms. The molecule has 0 aliphatic rings. The number of hydrogen-bond acceptors (Lipinski definition) is 3. The molecule has 1 N–H and O–H groups in total.